The van der Waals surface area contributed by atoms with E-state index >= 15 is 0 Å². The average molecular weight is 506 g/mol. The number of rotatable bonds is 8. The van der Waals surface area contributed by atoms with Crippen LogP contribution >= 0.6 is 0 Å². The predicted octanol–water partition coefficient (Wildman–Crippen LogP) is 3.51. The van der Waals surface area contributed by atoms with Crippen LogP contribution in [0.15, 0.2) is 78.9 Å². The molecule has 1 fully saturated rings. The third kappa shape index (κ3) is 7.26. The van der Waals surface area contributed by atoms with Gasteiger partial charge in [-0.05, 0) is 42.3 Å². The van der Waals surface area contributed by atoms with Crippen LogP contribution < -0.4 is 5.32 Å². The fraction of sp³-hybridized carbons (Fsp3) is 0.286. The van der Waals surface area contributed by atoms with E-state index in [1.54, 1.807) is 36.4 Å². The van der Waals surface area contributed by atoms with E-state index in [0.717, 1.165) is 25.2 Å². The van der Waals surface area contributed by atoms with Crippen molar-refractivity contribution in [3.05, 3.63) is 101 Å². The lowest BCUT2D eigenvalue weighted by Gasteiger charge is -2.34. The SMILES string of the molecule is Cc1ccc(NC(=O)CS(=O)(=O)Cc2cccc(C(=O)N3CCN(Cc4ccccc4)CC3)c2)cc1. The van der Waals surface area contributed by atoms with Crippen LogP contribution in [0.1, 0.15) is 27.0 Å². The summed E-state index contributed by atoms with van der Waals surface area (Å²) in [5.74, 6) is -1.62. The van der Waals surface area contributed by atoms with Crippen LogP contribution in [-0.4, -0.2) is 62.0 Å². The molecule has 0 atom stereocenters. The van der Waals surface area contributed by atoms with Gasteiger partial charge in [-0.3, -0.25) is 14.5 Å². The number of aryl methyl sites for hydroxylation is 1. The third-order valence-electron chi connectivity index (χ3n) is 6.16. The second-order valence-electron chi connectivity index (χ2n) is 9.20. The van der Waals surface area contributed by atoms with Gasteiger partial charge in [0.05, 0.1) is 5.75 Å². The normalized spacial score (nSPS) is 14.4. The van der Waals surface area contributed by atoms with Gasteiger partial charge in [0, 0.05) is 44.0 Å². The molecular formula is C28H31N3O4S. The van der Waals surface area contributed by atoms with Crippen molar-refractivity contribution in [2.45, 2.75) is 19.2 Å². The van der Waals surface area contributed by atoms with Crippen LogP contribution in [0.2, 0.25) is 0 Å². The van der Waals surface area contributed by atoms with E-state index in [9.17, 15) is 18.0 Å². The van der Waals surface area contributed by atoms with Gasteiger partial charge >= 0.3 is 0 Å². The van der Waals surface area contributed by atoms with Crippen molar-refractivity contribution in [2.75, 3.05) is 37.2 Å². The van der Waals surface area contributed by atoms with E-state index in [4.69, 9.17) is 0 Å². The molecule has 188 valence electrons. The molecule has 36 heavy (non-hydrogen) atoms. The molecular weight excluding hydrogens is 474 g/mol. The minimum atomic E-state index is -3.71. The minimum absolute atomic E-state index is 0.106. The number of nitrogens with one attached hydrogen (secondary N) is 1. The number of hydrogen-bond donors (Lipinski definition) is 1. The van der Waals surface area contributed by atoms with Gasteiger partial charge < -0.3 is 10.2 Å². The second-order valence-corrected chi connectivity index (χ2v) is 11.3. The highest BCUT2D eigenvalue weighted by Crippen LogP contribution is 2.15. The molecule has 1 heterocycles. The zero-order valence-corrected chi connectivity index (χ0v) is 21.2. The Bertz CT molecular complexity index is 1300. The van der Waals surface area contributed by atoms with Gasteiger partial charge in [0.25, 0.3) is 5.91 Å². The zero-order valence-electron chi connectivity index (χ0n) is 20.4. The van der Waals surface area contributed by atoms with Gasteiger partial charge in [-0.1, -0.05) is 60.2 Å². The lowest BCUT2D eigenvalue weighted by atomic mass is 10.1. The predicted molar refractivity (Wildman–Crippen MR) is 141 cm³/mol. The zero-order chi connectivity index (χ0) is 25.5. The number of amides is 2. The van der Waals surface area contributed by atoms with Crippen LogP contribution in [0, 0.1) is 6.92 Å². The molecule has 1 aliphatic heterocycles. The molecule has 0 saturated carbocycles. The molecule has 2 amide bonds. The first-order valence-corrected chi connectivity index (χ1v) is 13.8. The highest BCUT2D eigenvalue weighted by Gasteiger charge is 2.23. The van der Waals surface area contributed by atoms with E-state index in [0.29, 0.717) is 29.9 Å². The lowest BCUT2D eigenvalue weighted by Crippen LogP contribution is -2.48. The van der Waals surface area contributed by atoms with Crippen molar-refractivity contribution in [2.24, 2.45) is 0 Å². The molecule has 0 unspecified atom stereocenters. The van der Waals surface area contributed by atoms with Gasteiger partial charge in [-0.15, -0.1) is 0 Å². The molecule has 0 bridgehead atoms. The summed E-state index contributed by atoms with van der Waals surface area (Å²) >= 11 is 0. The van der Waals surface area contributed by atoms with Gasteiger partial charge in [-0.25, -0.2) is 8.42 Å². The van der Waals surface area contributed by atoms with E-state index < -0.39 is 21.5 Å². The summed E-state index contributed by atoms with van der Waals surface area (Å²) in [6.45, 7) is 5.59. The fourth-order valence-corrected chi connectivity index (χ4v) is 5.53. The molecule has 3 aromatic rings. The molecule has 0 spiro atoms. The number of carbonyl (C=O) groups is 2. The fourth-order valence-electron chi connectivity index (χ4n) is 4.27. The van der Waals surface area contributed by atoms with E-state index in [-0.39, 0.29) is 11.7 Å². The van der Waals surface area contributed by atoms with Gasteiger partial charge in [-0.2, -0.15) is 0 Å². The largest absolute Gasteiger partial charge is 0.336 e. The standard InChI is InChI=1S/C28H31N3O4S/c1-22-10-12-26(13-11-22)29-27(32)21-36(34,35)20-24-8-5-9-25(18-24)28(33)31-16-14-30(15-17-31)19-23-6-3-2-4-7-23/h2-13,18H,14-17,19-21H2,1H3,(H,29,32). The molecule has 4 rings (SSSR count). The first-order chi connectivity index (χ1) is 17.3. The highest BCUT2D eigenvalue weighted by molar-refractivity contribution is 7.91. The number of nitrogens with zero attached hydrogens (tertiary/aromatic N) is 2. The maximum Gasteiger partial charge on any atom is 0.253 e. The first-order valence-electron chi connectivity index (χ1n) is 12.0. The minimum Gasteiger partial charge on any atom is -0.336 e. The Kier molecular flexibility index (Phi) is 8.18. The van der Waals surface area contributed by atoms with Crippen LogP contribution in [-0.2, 0) is 26.9 Å². The van der Waals surface area contributed by atoms with Crippen molar-refractivity contribution >= 4 is 27.3 Å². The molecule has 0 aliphatic carbocycles. The summed E-state index contributed by atoms with van der Waals surface area (Å²) in [5.41, 5.74) is 3.80. The van der Waals surface area contributed by atoms with Crippen LogP contribution in [0.5, 0.6) is 0 Å². The number of carbonyl (C=O) groups excluding carboxylic acids is 2. The Morgan fingerprint density at radius 3 is 2.19 bits per heavy atom. The monoisotopic (exact) mass is 505 g/mol. The van der Waals surface area contributed by atoms with E-state index in [2.05, 4.69) is 22.3 Å². The summed E-state index contributed by atoms with van der Waals surface area (Å²) in [4.78, 5) is 29.5. The van der Waals surface area contributed by atoms with Crippen molar-refractivity contribution in [1.82, 2.24) is 9.80 Å². The smallest absolute Gasteiger partial charge is 0.253 e. The summed E-state index contributed by atoms with van der Waals surface area (Å²) < 4.78 is 25.3. The number of benzene rings is 3. The molecule has 8 heteroatoms. The average Bonchev–Trinajstić information content (AvgIpc) is 2.85. The summed E-state index contributed by atoms with van der Waals surface area (Å²) in [6, 6.07) is 24.1. The quantitative estimate of drug-likeness (QED) is 0.506. The van der Waals surface area contributed by atoms with Crippen molar-refractivity contribution in [1.29, 1.82) is 0 Å². The molecule has 7 nitrogen and oxygen atoms in total. The van der Waals surface area contributed by atoms with Crippen LogP contribution in [0.4, 0.5) is 5.69 Å². The topological polar surface area (TPSA) is 86.8 Å². The first kappa shape index (κ1) is 25.6. The Morgan fingerprint density at radius 1 is 0.833 bits per heavy atom. The molecule has 3 aromatic carbocycles. The van der Waals surface area contributed by atoms with Crippen molar-refractivity contribution in [3.8, 4) is 0 Å². The lowest BCUT2D eigenvalue weighted by molar-refractivity contribution is -0.113. The molecule has 0 aromatic heterocycles. The maximum absolute atomic E-state index is 13.1. The highest BCUT2D eigenvalue weighted by atomic mass is 32.2. The van der Waals surface area contributed by atoms with Gasteiger partial charge in [0.1, 0.15) is 5.75 Å². The second kappa shape index (κ2) is 11.5. The molecule has 1 N–H and O–H groups in total. The Hall–Kier alpha value is -3.49. The number of hydrogen-bond acceptors (Lipinski definition) is 5. The third-order valence-corrected chi connectivity index (χ3v) is 7.63. The summed E-state index contributed by atoms with van der Waals surface area (Å²) in [6.07, 6.45) is 0. The van der Waals surface area contributed by atoms with E-state index in [1.807, 2.05) is 42.2 Å². The summed E-state index contributed by atoms with van der Waals surface area (Å²) in [7, 11) is -3.71. The van der Waals surface area contributed by atoms with Gasteiger partial charge in [0.15, 0.2) is 9.84 Å². The summed E-state index contributed by atoms with van der Waals surface area (Å²) in [5, 5.41) is 2.62. The Morgan fingerprint density at radius 2 is 1.50 bits per heavy atom. The molecule has 1 aliphatic rings. The number of piperazine rings is 1. The van der Waals surface area contributed by atoms with Crippen LogP contribution in [0.25, 0.3) is 0 Å². The number of sulfone groups is 1. The number of anilines is 1. The molecule has 0 radical (unpaired) electrons. The van der Waals surface area contributed by atoms with E-state index in [1.165, 1.54) is 5.56 Å². The molecule has 1 saturated heterocycles. The maximum atomic E-state index is 13.1. The van der Waals surface area contributed by atoms with Crippen molar-refractivity contribution < 1.29 is 18.0 Å². The van der Waals surface area contributed by atoms with Crippen molar-refractivity contribution in [3.63, 3.8) is 0 Å². The van der Waals surface area contributed by atoms with Gasteiger partial charge in [0.2, 0.25) is 5.91 Å². The Labute approximate surface area is 212 Å². The van der Waals surface area contributed by atoms with Crippen LogP contribution in [0.3, 0.4) is 0 Å². The Balaban J connectivity index is 1.31.